The van der Waals surface area contributed by atoms with Gasteiger partial charge in [-0.3, -0.25) is 14.4 Å². The molecule has 0 saturated carbocycles. The summed E-state index contributed by atoms with van der Waals surface area (Å²) in [7, 11) is 0. The summed E-state index contributed by atoms with van der Waals surface area (Å²) in [6, 6.07) is 6.20. The molecule has 31 heavy (non-hydrogen) atoms. The van der Waals surface area contributed by atoms with Crippen molar-refractivity contribution in [1.29, 1.82) is 0 Å². The molecule has 3 heterocycles. The minimum atomic E-state index is -4.69. The van der Waals surface area contributed by atoms with Gasteiger partial charge in [-0.15, -0.1) is 13.2 Å². The van der Waals surface area contributed by atoms with E-state index in [0.29, 0.717) is 19.6 Å². The van der Waals surface area contributed by atoms with E-state index in [4.69, 9.17) is 4.74 Å². The zero-order chi connectivity index (χ0) is 22.2. The standard InChI is InChI=1S/C19H22F3N5O4/c1-18(13-26-11-16(27(28)29)23-17(26)31-18)12-25-8-6-24(7-9-25)10-14-2-4-15(5-3-14)30-19(20,21)22/h2-5,11H,6-10,12-13H2,1H3. The number of aromatic nitrogens is 2. The number of imidazole rings is 1. The van der Waals surface area contributed by atoms with Crippen LogP contribution >= 0.6 is 0 Å². The third-order valence-corrected chi connectivity index (χ3v) is 5.34. The second-order valence-electron chi connectivity index (χ2n) is 8.06. The van der Waals surface area contributed by atoms with Crippen LogP contribution in [0.25, 0.3) is 0 Å². The second-order valence-corrected chi connectivity index (χ2v) is 8.06. The van der Waals surface area contributed by atoms with Crippen LogP contribution in [-0.2, 0) is 13.1 Å². The Hall–Kier alpha value is -2.86. The maximum atomic E-state index is 12.3. The Labute approximate surface area is 176 Å². The Bertz CT molecular complexity index is 916. The summed E-state index contributed by atoms with van der Waals surface area (Å²) in [6.45, 7) is 7.03. The van der Waals surface area contributed by atoms with E-state index < -0.39 is 16.9 Å². The van der Waals surface area contributed by atoms with Crippen LogP contribution in [-0.4, -0.2) is 69.0 Å². The Balaban J connectivity index is 1.24. The summed E-state index contributed by atoms with van der Waals surface area (Å²) >= 11 is 0. The fourth-order valence-corrected chi connectivity index (χ4v) is 4.00. The van der Waals surface area contributed by atoms with Crippen LogP contribution < -0.4 is 9.47 Å². The SMILES string of the molecule is CC1(CN2CCN(Cc3ccc(OC(F)(F)F)cc3)CC2)Cn2cc([N+](=O)[O-])nc2O1. The first-order chi connectivity index (χ1) is 14.6. The van der Waals surface area contributed by atoms with Crippen molar-refractivity contribution in [2.45, 2.75) is 32.0 Å². The zero-order valence-corrected chi connectivity index (χ0v) is 16.8. The van der Waals surface area contributed by atoms with Crippen molar-refractivity contribution in [3.8, 4) is 11.8 Å². The van der Waals surface area contributed by atoms with Crippen molar-refractivity contribution in [3.05, 3.63) is 46.1 Å². The molecule has 0 N–H and O–H groups in total. The number of ether oxygens (including phenoxy) is 2. The number of hydrogen-bond donors (Lipinski definition) is 0. The molecule has 0 bridgehead atoms. The molecular formula is C19H22F3N5O4. The third kappa shape index (κ3) is 5.25. The number of benzene rings is 1. The smallest absolute Gasteiger partial charge is 0.436 e. The molecule has 12 heteroatoms. The fraction of sp³-hybridized carbons (Fsp3) is 0.526. The Morgan fingerprint density at radius 2 is 1.84 bits per heavy atom. The van der Waals surface area contributed by atoms with Gasteiger partial charge in [0, 0.05) is 44.3 Å². The van der Waals surface area contributed by atoms with E-state index in [1.807, 2.05) is 6.92 Å². The lowest BCUT2D eigenvalue weighted by Gasteiger charge is -2.38. The van der Waals surface area contributed by atoms with Gasteiger partial charge in [0.25, 0.3) is 0 Å². The number of nitro groups is 1. The van der Waals surface area contributed by atoms with E-state index in [2.05, 4.69) is 19.5 Å². The van der Waals surface area contributed by atoms with Gasteiger partial charge < -0.3 is 19.6 Å². The Morgan fingerprint density at radius 3 is 2.42 bits per heavy atom. The quantitative estimate of drug-likeness (QED) is 0.503. The van der Waals surface area contributed by atoms with E-state index in [1.165, 1.54) is 18.3 Å². The van der Waals surface area contributed by atoms with Crippen molar-refractivity contribution in [3.63, 3.8) is 0 Å². The summed E-state index contributed by atoms with van der Waals surface area (Å²) in [6.07, 6.45) is -3.30. The second kappa shape index (κ2) is 8.00. The molecule has 1 fully saturated rings. The molecule has 2 aliphatic heterocycles. The van der Waals surface area contributed by atoms with Crippen molar-refractivity contribution in [2.24, 2.45) is 0 Å². The lowest BCUT2D eigenvalue weighted by molar-refractivity contribution is -0.389. The van der Waals surface area contributed by atoms with Gasteiger partial charge in [0.1, 0.15) is 17.5 Å². The largest absolute Gasteiger partial charge is 0.573 e. The molecule has 1 aromatic heterocycles. The predicted octanol–water partition coefficient (Wildman–Crippen LogP) is 2.66. The zero-order valence-electron chi connectivity index (χ0n) is 16.8. The molecule has 1 aromatic carbocycles. The minimum Gasteiger partial charge on any atom is -0.436 e. The number of nitrogens with zero attached hydrogens (tertiary/aromatic N) is 5. The van der Waals surface area contributed by atoms with Gasteiger partial charge in [-0.1, -0.05) is 12.1 Å². The lowest BCUT2D eigenvalue weighted by Crippen LogP contribution is -2.52. The molecule has 2 aromatic rings. The predicted molar refractivity (Wildman–Crippen MR) is 103 cm³/mol. The lowest BCUT2D eigenvalue weighted by atomic mass is 10.1. The molecule has 0 radical (unpaired) electrons. The average Bonchev–Trinajstić information content (AvgIpc) is 3.19. The van der Waals surface area contributed by atoms with Gasteiger partial charge in [-0.25, -0.2) is 0 Å². The maximum Gasteiger partial charge on any atom is 0.573 e. The highest BCUT2D eigenvalue weighted by Gasteiger charge is 2.41. The van der Waals surface area contributed by atoms with E-state index in [9.17, 15) is 23.3 Å². The summed E-state index contributed by atoms with van der Waals surface area (Å²) < 4.78 is 48.2. The molecule has 168 valence electrons. The summed E-state index contributed by atoms with van der Waals surface area (Å²) in [5.74, 6) is -0.445. The molecule has 2 aliphatic rings. The number of rotatable bonds is 6. The van der Waals surface area contributed by atoms with Crippen LogP contribution in [0.1, 0.15) is 12.5 Å². The molecule has 1 saturated heterocycles. The number of piperazine rings is 1. The fourth-order valence-electron chi connectivity index (χ4n) is 4.00. The van der Waals surface area contributed by atoms with E-state index in [-0.39, 0.29) is 17.6 Å². The van der Waals surface area contributed by atoms with Crippen LogP contribution in [0.4, 0.5) is 19.0 Å². The topological polar surface area (TPSA) is 85.9 Å². The number of fused-ring (bicyclic) bond motifs is 1. The molecule has 1 atom stereocenters. The van der Waals surface area contributed by atoms with Crippen molar-refractivity contribution in [2.75, 3.05) is 32.7 Å². The summed E-state index contributed by atoms with van der Waals surface area (Å²) in [5, 5.41) is 10.8. The molecular weight excluding hydrogens is 419 g/mol. The van der Waals surface area contributed by atoms with Crippen LogP contribution in [0, 0.1) is 10.1 Å². The van der Waals surface area contributed by atoms with Crippen LogP contribution in [0.2, 0.25) is 0 Å². The molecule has 1 unspecified atom stereocenters. The van der Waals surface area contributed by atoms with Gasteiger partial charge in [0.15, 0.2) is 0 Å². The maximum absolute atomic E-state index is 12.3. The van der Waals surface area contributed by atoms with Gasteiger partial charge in [-0.05, 0) is 29.5 Å². The highest BCUT2D eigenvalue weighted by molar-refractivity contribution is 5.27. The van der Waals surface area contributed by atoms with Crippen LogP contribution in [0.15, 0.2) is 30.5 Å². The van der Waals surface area contributed by atoms with E-state index in [0.717, 1.165) is 31.7 Å². The first-order valence-electron chi connectivity index (χ1n) is 9.79. The normalized spacial score (nSPS) is 22.2. The third-order valence-electron chi connectivity index (χ3n) is 5.34. The van der Waals surface area contributed by atoms with Gasteiger partial charge in [0.2, 0.25) is 0 Å². The highest BCUT2D eigenvalue weighted by atomic mass is 19.4. The van der Waals surface area contributed by atoms with Crippen LogP contribution in [0.3, 0.4) is 0 Å². The number of hydrogen-bond acceptors (Lipinski definition) is 7. The van der Waals surface area contributed by atoms with Gasteiger partial charge in [-0.2, -0.15) is 0 Å². The monoisotopic (exact) mass is 441 g/mol. The van der Waals surface area contributed by atoms with E-state index >= 15 is 0 Å². The first-order valence-corrected chi connectivity index (χ1v) is 9.79. The number of halogens is 3. The van der Waals surface area contributed by atoms with Crippen LogP contribution in [0.5, 0.6) is 11.8 Å². The Morgan fingerprint density at radius 1 is 1.19 bits per heavy atom. The van der Waals surface area contributed by atoms with Crippen molar-refractivity contribution in [1.82, 2.24) is 19.4 Å². The van der Waals surface area contributed by atoms with E-state index in [1.54, 1.807) is 16.7 Å². The molecule has 0 aliphatic carbocycles. The highest BCUT2D eigenvalue weighted by Crippen LogP contribution is 2.31. The molecule has 9 nitrogen and oxygen atoms in total. The van der Waals surface area contributed by atoms with Gasteiger partial charge >= 0.3 is 18.2 Å². The molecule has 0 spiro atoms. The first kappa shape index (κ1) is 21.4. The van der Waals surface area contributed by atoms with Crippen molar-refractivity contribution >= 4 is 5.82 Å². The summed E-state index contributed by atoms with van der Waals surface area (Å²) in [4.78, 5) is 18.7. The summed E-state index contributed by atoms with van der Waals surface area (Å²) in [5.41, 5.74) is 0.412. The number of alkyl halides is 3. The molecule has 0 amide bonds. The van der Waals surface area contributed by atoms with Crippen molar-refractivity contribution < 1.29 is 27.6 Å². The Kier molecular flexibility index (Phi) is 5.52. The van der Waals surface area contributed by atoms with Gasteiger partial charge in [0.05, 0.1) is 6.54 Å². The average molecular weight is 441 g/mol. The molecule has 4 rings (SSSR count). The minimum absolute atomic E-state index is 0.219.